The summed E-state index contributed by atoms with van der Waals surface area (Å²) in [6.45, 7) is 2.27. The number of amides is 3. The van der Waals surface area contributed by atoms with Gasteiger partial charge in [-0.3, -0.25) is 10.1 Å². The van der Waals surface area contributed by atoms with E-state index < -0.39 is 6.03 Å². The van der Waals surface area contributed by atoms with E-state index in [1.54, 1.807) is 6.92 Å². The van der Waals surface area contributed by atoms with Gasteiger partial charge in [-0.1, -0.05) is 23.1 Å². The molecule has 0 unspecified atom stereocenters. The maximum Gasteiger partial charge on any atom is 0.321 e. The van der Waals surface area contributed by atoms with Gasteiger partial charge >= 0.3 is 6.03 Å². The number of carbonyl (C=O) groups is 2. The van der Waals surface area contributed by atoms with Gasteiger partial charge in [0.05, 0.1) is 5.75 Å². The number of hydrogen-bond donors (Lipinski definition) is 3. The van der Waals surface area contributed by atoms with Crippen LogP contribution >= 0.6 is 23.1 Å². The molecule has 7 nitrogen and oxygen atoms in total. The lowest BCUT2D eigenvalue weighted by molar-refractivity contribution is -0.117. The molecule has 3 amide bonds. The number of carbonyl (C=O) groups excluding carboxylic acids is 2. The van der Waals surface area contributed by atoms with Crippen LogP contribution in [0.25, 0.3) is 0 Å². The zero-order valence-corrected chi connectivity index (χ0v) is 12.1. The molecular weight excluding hydrogens is 286 g/mol. The van der Waals surface area contributed by atoms with Gasteiger partial charge in [0.2, 0.25) is 11.0 Å². The number of nitrogens with zero attached hydrogens (tertiary/aromatic N) is 2. The first-order valence-electron chi connectivity index (χ1n) is 5.98. The van der Waals surface area contributed by atoms with Crippen LogP contribution in [-0.4, -0.2) is 40.5 Å². The third-order valence-corrected chi connectivity index (χ3v) is 4.22. The van der Waals surface area contributed by atoms with E-state index in [1.165, 1.54) is 35.9 Å². The fourth-order valence-corrected chi connectivity index (χ4v) is 2.85. The molecule has 104 valence electrons. The minimum Gasteiger partial charge on any atom is -0.357 e. The second-order valence-electron chi connectivity index (χ2n) is 3.99. The molecule has 1 aromatic rings. The van der Waals surface area contributed by atoms with Gasteiger partial charge in [-0.15, -0.1) is 10.2 Å². The first-order valence-corrected chi connectivity index (χ1v) is 7.78. The quantitative estimate of drug-likeness (QED) is 0.680. The summed E-state index contributed by atoms with van der Waals surface area (Å²) < 4.78 is 0.717. The highest BCUT2D eigenvalue weighted by Crippen LogP contribution is 2.29. The number of thioether (sulfide) groups is 1. The molecule has 0 radical (unpaired) electrons. The number of anilines is 1. The molecule has 1 aliphatic carbocycles. The summed E-state index contributed by atoms with van der Waals surface area (Å²) in [6, 6.07) is 0.0632. The second kappa shape index (κ2) is 6.71. The average molecular weight is 301 g/mol. The number of urea groups is 1. The van der Waals surface area contributed by atoms with Crippen molar-refractivity contribution in [1.29, 1.82) is 0 Å². The number of imide groups is 1. The highest BCUT2D eigenvalue weighted by molar-refractivity contribution is 8.01. The van der Waals surface area contributed by atoms with E-state index in [0.29, 0.717) is 16.9 Å². The number of nitrogens with one attached hydrogen (secondary N) is 3. The third kappa shape index (κ3) is 5.03. The minimum absolute atomic E-state index is 0.148. The van der Waals surface area contributed by atoms with Gasteiger partial charge < -0.3 is 10.6 Å². The van der Waals surface area contributed by atoms with E-state index >= 15 is 0 Å². The van der Waals surface area contributed by atoms with Crippen LogP contribution in [0.5, 0.6) is 0 Å². The van der Waals surface area contributed by atoms with Crippen LogP contribution in [0.2, 0.25) is 0 Å². The predicted octanol–water partition coefficient (Wildman–Crippen LogP) is 1.05. The smallest absolute Gasteiger partial charge is 0.321 e. The maximum absolute atomic E-state index is 11.4. The summed E-state index contributed by atoms with van der Waals surface area (Å²) in [6.07, 6.45) is 2.36. The summed E-state index contributed by atoms with van der Waals surface area (Å²) in [5.41, 5.74) is 0. The Morgan fingerprint density at radius 3 is 2.89 bits per heavy atom. The van der Waals surface area contributed by atoms with Crippen LogP contribution < -0.4 is 16.0 Å². The Labute approximate surface area is 118 Å². The first-order chi connectivity index (χ1) is 9.17. The minimum atomic E-state index is -0.471. The van der Waals surface area contributed by atoms with Crippen LogP contribution in [0.3, 0.4) is 0 Å². The van der Waals surface area contributed by atoms with Crippen LogP contribution in [-0.2, 0) is 4.79 Å². The van der Waals surface area contributed by atoms with Gasteiger partial charge in [-0.2, -0.15) is 0 Å². The molecular formula is C10H15N5O2S2. The van der Waals surface area contributed by atoms with E-state index in [9.17, 15) is 9.59 Å². The van der Waals surface area contributed by atoms with Gasteiger partial charge in [-0.25, -0.2) is 4.79 Å². The largest absolute Gasteiger partial charge is 0.357 e. The Morgan fingerprint density at radius 1 is 1.42 bits per heavy atom. The maximum atomic E-state index is 11.4. The summed E-state index contributed by atoms with van der Waals surface area (Å²) >= 11 is 2.69. The van der Waals surface area contributed by atoms with Gasteiger partial charge in [0.1, 0.15) is 0 Å². The Morgan fingerprint density at radius 2 is 2.21 bits per heavy atom. The molecule has 1 heterocycles. The Kier molecular flexibility index (Phi) is 4.97. The highest BCUT2D eigenvalue weighted by Gasteiger charge is 2.22. The van der Waals surface area contributed by atoms with Crippen LogP contribution in [0, 0.1) is 0 Å². The lowest BCUT2D eigenvalue weighted by Gasteiger charge is -2.02. The normalized spacial score (nSPS) is 13.9. The van der Waals surface area contributed by atoms with Crippen molar-refractivity contribution in [2.45, 2.75) is 30.1 Å². The fourth-order valence-electron chi connectivity index (χ4n) is 1.22. The monoisotopic (exact) mass is 301 g/mol. The number of rotatable bonds is 6. The van der Waals surface area contributed by atoms with Gasteiger partial charge in [-0.05, 0) is 19.8 Å². The van der Waals surface area contributed by atoms with Crippen molar-refractivity contribution in [3.8, 4) is 0 Å². The predicted molar refractivity (Wildman–Crippen MR) is 74.5 cm³/mol. The topological polar surface area (TPSA) is 96.0 Å². The lowest BCUT2D eigenvalue weighted by atomic mass is 10.6. The Bertz CT molecular complexity index is 461. The zero-order valence-electron chi connectivity index (χ0n) is 10.4. The van der Waals surface area contributed by atoms with Crippen molar-refractivity contribution in [2.75, 3.05) is 17.6 Å². The van der Waals surface area contributed by atoms with E-state index in [-0.39, 0.29) is 11.7 Å². The molecule has 1 saturated carbocycles. The average Bonchev–Trinajstić information content (AvgIpc) is 3.04. The third-order valence-electron chi connectivity index (χ3n) is 2.23. The molecule has 19 heavy (non-hydrogen) atoms. The molecule has 1 fully saturated rings. The second-order valence-corrected chi connectivity index (χ2v) is 6.19. The molecule has 2 rings (SSSR count). The Hall–Kier alpha value is -1.35. The van der Waals surface area contributed by atoms with Crippen LogP contribution in [0.1, 0.15) is 19.8 Å². The van der Waals surface area contributed by atoms with Gasteiger partial charge in [0, 0.05) is 12.6 Å². The highest BCUT2D eigenvalue weighted by atomic mass is 32.2. The van der Waals surface area contributed by atoms with Crippen LogP contribution in [0.4, 0.5) is 9.93 Å². The molecule has 0 spiro atoms. The van der Waals surface area contributed by atoms with E-state index in [4.69, 9.17) is 0 Å². The van der Waals surface area contributed by atoms with Crippen molar-refractivity contribution in [3.05, 3.63) is 0 Å². The van der Waals surface area contributed by atoms with Gasteiger partial charge in [0.25, 0.3) is 0 Å². The Balaban J connectivity index is 1.70. The summed E-state index contributed by atoms with van der Waals surface area (Å²) in [4.78, 5) is 22.6. The van der Waals surface area contributed by atoms with Crippen molar-refractivity contribution in [1.82, 2.24) is 20.8 Å². The molecule has 1 aliphatic rings. The van der Waals surface area contributed by atoms with E-state index in [0.717, 1.165) is 5.13 Å². The SMILES string of the molecule is CCNC(=O)NC(=O)CSc1nnc(NC2CC2)s1. The molecule has 0 atom stereocenters. The van der Waals surface area contributed by atoms with Crippen molar-refractivity contribution in [3.63, 3.8) is 0 Å². The fraction of sp³-hybridized carbons (Fsp3) is 0.600. The first kappa shape index (κ1) is 14.1. The molecule has 0 aliphatic heterocycles. The van der Waals surface area contributed by atoms with E-state index in [1.807, 2.05) is 0 Å². The standard InChI is InChI=1S/C10H15N5O2S2/c1-2-11-8(17)13-7(16)5-18-10-15-14-9(19-10)12-6-3-4-6/h6H,2-5H2,1H3,(H,12,14)(H2,11,13,16,17). The van der Waals surface area contributed by atoms with E-state index in [2.05, 4.69) is 26.1 Å². The molecule has 0 aromatic carbocycles. The van der Waals surface area contributed by atoms with Gasteiger partial charge in [0.15, 0.2) is 4.34 Å². The molecule has 1 aromatic heterocycles. The van der Waals surface area contributed by atoms with Crippen LogP contribution in [0.15, 0.2) is 4.34 Å². The molecule has 0 saturated heterocycles. The summed E-state index contributed by atoms with van der Waals surface area (Å²) in [5, 5.41) is 16.7. The zero-order chi connectivity index (χ0) is 13.7. The number of hydrogen-bond acceptors (Lipinski definition) is 7. The molecule has 3 N–H and O–H groups in total. The number of aromatic nitrogens is 2. The molecule has 9 heteroatoms. The van der Waals surface area contributed by atoms with Crippen molar-refractivity contribution < 1.29 is 9.59 Å². The molecule has 0 bridgehead atoms. The summed E-state index contributed by atoms with van der Waals surface area (Å²) in [7, 11) is 0. The van der Waals surface area contributed by atoms with Crippen molar-refractivity contribution in [2.24, 2.45) is 0 Å². The lowest BCUT2D eigenvalue weighted by Crippen LogP contribution is -2.40. The van der Waals surface area contributed by atoms with Crippen molar-refractivity contribution >= 4 is 40.2 Å². The summed E-state index contributed by atoms with van der Waals surface area (Å²) in [5.74, 6) is -0.197.